The van der Waals surface area contributed by atoms with Crippen LogP contribution in [-0.2, 0) is 0 Å². The van der Waals surface area contributed by atoms with Gasteiger partial charge < -0.3 is 4.74 Å². The van der Waals surface area contributed by atoms with Gasteiger partial charge in [0.1, 0.15) is 5.75 Å². The van der Waals surface area contributed by atoms with Crippen molar-refractivity contribution in [2.24, 2.45) is 0 Å². The topological polar surface area (TPSA) is 26.3 Å². The average molecular weight is 387 g/mol. The largest absolute Gasteiger partial charge is 0.494 e. The predicted molar refractivity (Wildman–Crippen MR) is 114 cm³/mol. The highest BCUT2D eigenvalue weighted by atomic mass is 35.5. The molecule has 0 saturated heterocycles. The van der Waals surface area contributed by atoms with E-state index in [1.54, 1.807) is 0 Å². The Balaban J connectivity index is 1.78. The van der Waals surface area contributed by atoms with E-state index in [1.807, 2.05) is 54.6 Å². The number of hydrogen-bond acceptors (Lipinski definition) is 2. The lowest BCUT2D eigenvalue weighted by molar-refractivity contribution is 0.0957. The van der Waals surface area contributed by atoms with Crippen molar-refractivity contribution in [3.63, 3.8) is 0 Å². The number of alkyl halides is 1. The molecule has 0 fully saturated rings. The van der Waals surface area contributed by atoms with Gasteiger partial charge >= 0.3 is 0 Å². The van der Waals surface area contributed by atoms with Crippen LogP contribution >= 0.6 is 11.6 Å². The zero-order valence-electron chi connectivity index (χ0n) is 16.3. The molecule has 27 heavy (non-hydrogen) atoms. The molecule has 2 aromatic carbocycles. The van der Waals surface area contributed by atoms with Crippen LogP contribution in [0.25, 0.3) is 0 Å². The van der Waals surface area contributed by atoms with Crippen LogP contribution in [0.1, 0.15) is 73.7 Å². The molecule has 2 aromatic rings. The van der Waals surface area contributed by atoms with E-state index in [4.69, 9.17) is 16.3 Å². The van der Waals surface area contributed by atoms with Crippen molar-refractivity contribution in [3.05, 3.63) is 65.7 Å². The molecular weight excluding hydrogens is 356 g/mol. The van der Waals surface area contributed by atoms with Gasteiger partial charge in [0.15, 0.2) is 5.78 Å². The quantitative estimate of drug-likeness (QED) is 0.210. The van der Waals surface area contributed by atoms with Crippen molar-refractivity contribution >= 4 is 17.4 Å². The molecule has 0 aliphatic rings. The summed E-state index contributed by atoms with van der Waals surface area (Å²) in [6, 6.07) is 17.6. The third-order valence-electron chi connectivity index (χ3n) is 4.86. The number of benzene rings is 2. The molecular formula is C24H31ClO2. The molecule has 3 heteroatoms. The Hall–Kier alpha value is -1.80. The third-order valence-corrected chi connectivity index (χ3v) is 5.13. The Bertz CT molecular complexity index is 652. The van der Waals surface area contributed by atoms with Crippen LogP contribution in [0.2, 0.25) is 0 Å². The van der Waals surface area contributed by atoms with Gasteiger partial charge in [-0.3, -0.25) is 4.79 Å². The molecule has 0 N–H and O–H groups in total. The molecule has 0 saturated carbocycles. The smallest absolute Gasteiger partial charge is 0.170 e. The standard InChI is InChI=1S/C24H31ClO2/c1-2-23(20-12-8-7-9-13-20)24(26)21-14-16-22(17-15-21)27-19-11-6-4-3-5-10-18-25/h7-9,12-17,23H,2-6,10-11,18-19H2,1H3. The predicted octanol–water partition coefficient (Wildman–Crippen LogP) is 7.02. The molecule has 1 atom stereocenters. The highest BCUT2D eigenvalue weighted by molar-refractivity contribution is 6.17. The summed E-state index contributed by atoms with van der Waals surface area (Å²) in [5, 5.41) is 0. The lowest BCUT2D eigenvalue weighted by atomic mass is 9.89. The summed E-state index contributed by atoms with van der Waals surface area (Å²) >= 11 is 5.68. The second kappa shape index (κ2) is 12.6. The van der Waals surface area contributed by atoms with Gasteiger partial charge in [-0.1, -0.05) is 62.9 Å². The minimum atomic E-state index is -0.0863. The van der Waals surface area contributed by atoms with Gasteiger partial charge in [-0.15, -0.1) is 11.6 Å². The van der Waals surface area contributed by atoms with Gasteiger partial charge in [0, 0.05) is 17.4 Å². The number of unbranched alkanes of at least 4 members (excludes halogenated alkanes) is 5. The fourth-order valence-electron chi connectivity index (χ4n) is 3.27. The van der Waals surface area contributed by atoms with E-state index in [-0.39, 0.29) is 11.7 Å². The van der Waals surface area contributed by atoms with Crippen molar-refractivity contribution in [1.29, 1.82) is 0 Å². The van der Waals surface area contributed by atoms with Crippen molar-refractivity contribution in [2.75, 3.05) is 12.5 Å². The molecule has 0 aliphatic carbocycles. The highest BCUT2D eigenvalue weighted by Gasteiger charge is 2.19. The first-order chi connectivity index (χ1) is 13.3. The average Bonchev–Trinajstić information content (AvgIpc) is 2.72. The Morgan fingerprint density at radius 1 is 0.889 bits per heavy atom. The van der Waals surface area contributed by atoms with Crippen molar-refractivity contribution < 1.29 is 9.53 Å². The number of halogens is 1. The zero-order chi connectivity index (χ0) is 19.3. The molecule has 0 aliphatic heterocycles. The summed E-state index contributed by atoms with van der Waals surface area (Å²) in [6.07, 6.45) is 7.89. The highest BCUT2D eigenvalue weighted by Crippen LogP contribution is 2.25. The van der Waals surface area contributed by atoms with Gasteiger partial charge in [0.25, 0.3) is 0 Å². The SMILES string of the molecule is CCC(C(=O)c1ccc(OCCCCCCCCCl)cc1)c1ccccc1. The van der Waals surface area contributed by atoms with E-state index in [2.05, 4.69) is 6.92 Å². The van der Waals surface area contributed by atoms with Crippen LogP contribution in [0.3, 0.4) is 0 Å². The second-order valence-corrected chi connectivity index (χ2v) is 7.30. The molecule has 0 radical (unpaired) electrons. The molecule has 0 heterocycles. The second-order valence-electron chi connectivity index (χ2n) is 6.92. The number of carbonyl (C=O) groups is 1. The first kappa shape index (κ1) is 21.5. The maximum atomic E-state index is 12.8. The van der Waals surface area contributed by atoms with Crippen LogP contribution in [0.5, 0.6) is 5.75 Å². The molecule has 146 valence electrons. The fourth-order valence-corrected chi connectivity index (χ4v) is 3.46. The van der Waals surface area contributed by atoms with E-state index in [0.29, 0.717) is 0 Å². The van der Waals surface area contributed by atoms with E-state index in [1.165, 1.54) is 25.7 Å². The van der Waals surface area contributed by atoms with E-state index >= 15 is 0 Å². The molecule has 0 amide bonds. The van der Waals surface area contributed by atoms with Crippen molar-refractivity contribution in [1.82, 2.24) is 0 Å². The minimum Gasteiger partial charge on any atom is -0.494 e. The fraction of sp³-hybridized carbons (Fsp3) is 0.458. The normalized spacial score (nSPS) is 11.9. The van der Waals surface area contributed by atoms with Crippen LogP contribution in [0.4, 0.5) is 0 Å². The lowest BCUT2D eigenvalue weighted by Crippen LogP contribution is -2.12. The van der Waals surface area contributed by atoms with E-state index in [9.17, 15) is 4.79 Å². The van der Waals surface area contributed by atoms with Gasteiger partial charge in [0.2, 0.25) is 0 Å². The third kappa shape index (κ3) is 7.38. The zero-order valence-corrected chi connectivity index (χ0v) is 17.1. The van der Waals surface area contributed by atoms with Crippen LogP contribution in [0, 0.1) is 0 Å². The summed E-state index contributed by atoms with van der Waals surface area (Å²) in [4.78, 5) is 12.8. The van der Waals surface area contributed by atoms with Gasteiger partial charge in [-0.05, 0) is 49.1 Å². The molecule has 1 unspecified atom stereocenters. The summed E-state index contributed by atoms with van der Waals surface area (Å²) < 4.78 is 5.81. The molecule has 0 spiro atoms. The number of carbonyl (C=O) groups excluding carboxylic acids is 1. The summed E-state index contributed by atoms with van der Waals surface area (Å²) in [5.74, 6) is 1.69. The van der Waals surface area contributed by atoms with Crippen LogP contribution < -0.4 is 4.74 Å². The van der Waals surface area contributed by atoms with Gasteiger partial charge in [-0.25, -0.2) is 0 Å². The number of Topliss-reactive ketones (excluding diaryl/α,β-unsaturated/α-hetero) is 1. The summed E-state index contributed by atoms with van der Waals surface area (Å²) in [6.45, 7) is 2.78. The lowest BCUT2D eigenvalue weighted by Gasteiger charge is -2.14. The number of ketones is 1. The van der Waals surface area contributed by atoms with Crippen molar-refractivity contribution in [3.8, 4) is 5.75 Å². The minimum absolute atomic E-state index is 0.0863. The molecule has 2 nitrogen and oxygen atoms in total. The number of hydrogen-bond donors (Lipinski definition) is 0. The Morgan fingerprint density at radius 3 is 2.15 bits per heavy atom. The summed E-state index contributed by atoms with van der Waals surface area (Å²) in [7, 11) is 0. The first-order valence-corrected chi connectivity index (χ1v) is 10.7. The van der Waals surface area contributed by atoms with E-state index in [0.717, 1.165) is 48.6 Å². The molecule has 0 aromatic heterocycles. The summed E-state index contributed by atoms with van der Waals surface area (Å²) in [5.41, 5.74) is 1.83. The Kier molecular flexibility index (Phi) is 10.0. The van der Waals surface area contributed by atoms with E-state index < -0.39 is 0 Å². The maximum Gasteiger partial charge on any atom is 0.170 e. The van der Waals surface area contributed by atoms with Crippen LogP contribution in [0.15, 0.2) is 54.6 Å². The monoisotopic (exact) mass is 386 g/mol. The van der Waals surface area contributed by atoms with Gasteiger partial charge in [-0.2, -0.15) is 0 Å². The van der Waals surface area contributed by atoms with Crippen molar-refractivity contribution in [2.45, 2.75) is 57.8 Å². The maximum absolute atomic E-state index is 12.8. The molecule has 2 rings (SSSR count). The van der Waals surface area contributed by atoms with Gasteiger partial charge in [0.05, 0.1) is 6.61 Å². The first-order valence-electron chi connectivity index (χ1n) is 10.1. The molecule has 0 bridgehead atoms. The Labute approximate surface area is 168 Å². The number of ether oxygens (including phenoxy) is 1. The van der Waals surface area contributed by atoms with Crippen LogP contribution in [-0.4, -0.2) is 18.3 Å². The number of rotatable bonds is 13. The Morgan fingerprint density at radius 2 is 1.52 bits per heavy atom.